The van der Waals surface area contributed by atoms with Crippen molar-refractivity contribution in [2.45, 2.75) is 77.9 Å². The van der Waals surface area contributed by atoms with Gasteiger partial charge in [0.1, 0.15) is 23.3 Å². The second kappa shape index (κ2) is 11.9. The maximum atomic E-state index is 14.0. The van der Waals surface area contributed by atoms with Gasteiger partial charge in [0.25, 0.3) is 5.56 Å². The fourth-order valence-corrected chi connectivity index (χ4v) is 7.14. The Labute approximate surface area is 260 Å². The van der Waals surface area contributed by atoms with Crippen molar-refractivity contribution < 1.29 is 23.4 Å². The number of aryl methyl sites for hydroxylation is 2. The van der Waals surface area contributed by atoms with Crippen molar-refractivity contribution in [3.63, 3.8) is 0 Å². The van der Waals surface area contributed by atoms with Gasteiger partial charge in [0.15, 0.2) is 8.32 Å². The highest BCUT2D eigenvalue weighted by Crippen LogP contribution is 2.43. The van der Waals surface area contributed by atoms with Crippen LogP contribution in [-0.4, -0.2) is 44.8 Å². The monoisotopic (exact) mass is 616 g/mol. The highest BCUT2D eigenvalue weighted by atomic mass is 28.4. The number of methoxy groups -OCH3 is 3. The van der Waals surface area contributed by atoms with E-state index >= 15 is 0 Å². The second-order valence-corrected chi connectivity index (χ2v) is 17.8. The fourth-order valence-electron chi connectivity index (χ4n) is 5.88. The minimum absolute atomic E-state index is 0.00747. The van der Waals surface area contributed by atoms with Crippen LogP contribution in [0, 0.1) is 0 Å². The van der Waals surface area contributed by atoms with Gasteiger partial charge in [0, 0.05) is 22.9 Å². The number of aromatic nitrogens is 2. The Balaban J connectivity index is 1.70. The first-order chi connectivity index (χ1) is 20.8. The molecule has 0 fully saturated rings. The third kappa shape index (κ3) is 5.59. The minimum atomic E-state index is -2.02. The zero-order valence-corrected chi connectivity index (χ0v) is 28.4. The molecule has 2 aromatic carbocycles. The van der Waals surface area contributed by atoms with E-state index in [0.29, 0.717) is 17.9 Å². The number of carbonyl (C=O) groups is 1. The number of ether oxygens (including phenoxy) is 3. The minimum Gasteiger partial charge on any atom is -0.497 e. The molecule has 0 bridgehead atoms. The maximum Gasteiger partial charge on any atom is 0.343 e. The number of hydrogen-bond donors (Lipinski definition) is 0. The van der Waals surface area contributed by atoms with Gasteiger partial charge in [0.05, 0.1) is 39.1 Å². The van der Waals surface area contributed by atoms with Gasteiger partial charge < -0.3 is 27.8 Å². The summed E-state index contributed by atoms with van der Waals surface area (Å²) in [6.07, 6.45) is 2.48. The Hall–Kier alpha value is -3.82. The molecule has 0 spiro atoms. The number of pyridine rings is 1. The molecule has 5 rings (SSSR count). The van der Waals surface area contributed by atoms with Gasteiger partial charge in [-0.2, -0.15) is 0 Å². The molecular weight excluding hydrogens is 572 g/mol. The zero-order valence-electron chi connectivity index (χ0n) is 27.4. The summed E-state index contributed by atoms with van der Waals surface area (Å²) in [5, 5.41) is 1.24. The number of fused-ring (bicyclic) bond motifs is 3. The molecule has 1 aliphatic heterocycles. The lowest BCUT2D eigenvalue weighted by Crippen LogP contribution is -2.42. The topological polar surface area (TPSA) is 80.9 Å². The molecule has 0 radical (unpaired) electrons. The van der Waals surface area contributed by atoms with E-state index in [4.69, 9.17) is 18.6 Å². The van der Waals surface area contributed by atoms with Crippen molar-refractivity contribution in [3.8, 4) is 22.8 Å². The molecule has 0 N–H and O–H groups in total. The summed E-state index contributed by atoms with van der Waals surface area (Å²) < 4.78 is 27.0. The highest BCUT2D eigenvalue weighted by Gasteiger charge is 2.41. The SMILES string of the molecule is CCc1cc(C(=O)OC)c(=O)n(Cc2ccc(OC)cc2OC)c1-c1ccc2cc3n(c2c1)C(O[Si](C)(C)C(C)(C)C)CC3. The van der Waals surface area contributed by atoms with Crippen LogP contribution in [-0.2, 0) is 28.5 Å². The molecule has 9 heteroatoms. The van der Waals surface area contributed by atoms with Crippen LogP contribution in [0.2, 0.25) is 18.1 Å². The van der Waals surface area contributed by atoms with Crippen LogP contribution in [0.4, 0.5) is 0 Å². The van der Waals surface area contributed by atoms with E-state index in [2.05, 4.69) is 62.7 Å². The molecular formula is C35H44N2O6Si. The summed E-state index contributed by atoms with van der Waals surface area (Å²) in [6, 6.07) is 15.8. The lowest BCUT2D eigenvalue weighted by molar-refractivity contribution is 0.0598. The van der Waals surface area contributed by atoms with Gasteiger partial charge >= 0.3 is 5.97 Å². The Bertz CT molecular complexity index is 1780. The second-order valence-electron chi connectivity index (χ2n) is 13.0. The third-order valence-corrected chi connectivity index (χ3v) is 13.8. The zero-order chi connectivity index (χ0) is 32.0. The number of rotatable bonds is 9. The molecule has 44 heavy (non-hydrogen) atoms. The Morgan fingerprint density at radius 3 is 2.36 bits per heavy atom. The van der Waals surface area contributed by atoms with Gasteiger partial charge in [-0.1, -0.05) is 39.8 Å². The summed E-state index contributed by atoms with van der Waals surface area (Å²) >= 11 is 0. The number of benzene rings is 2. The Kier molecular flexibility index (Phi) is 8.57. The number of nitrogens with zero attached hydrogens (tertiary/aromatic N) is 2. The van der Waals surface area contributed by atoms with Crippen molar-refractivity contribution in [2.75, 3.05) is 21.3 Å². The molecule has 1 unspecified atom stereocenters. The Morgan fingerprint density at radius 2 is 1.73 bits per heavy atom. The smallest absolute Gasteiger partial charge is 0.343 e. The molecule has 0 saturated heterocycles. The van der Waals surface area contributed by atoms with Crippen molar-refractivity contribution in [1.29, 1.82) is 0 Å². The summed E-state index contributed by atoms with van der Waals surface area (Å²) in [5.41, 5.74) is 5.26. The van der Waals surface area contributed by atoms with Gasteiger partial charge in [-0.15, -0.1) is 0 Å². The molecule has 3 heterocycles. The molecule has 2 aromatic heterocycles. The quantitative estimate of drug-likeness (QED) is 0.145. The lowest BCUT2D eigenvalue weighted by Gasteiger charge is -2.39. The van der Waals surface area contributed by atoms with Crippen LogP contribution < -0.4 is 15.0 Å². The van der Waals surface area contributed by atoms with Gasteiger partial charge in [-0.25, -0.2) is 4.79 Å². The van der Waals surface area contributed by atoms with Crippen LogP contribution in [0.5, 0.6) is 11.5 Å². The largest absolute Gasteiger partial charge is 0.497 e. The van der Waals surface area contributed by atoms with E-state index < -0.39 is 19.8 Å². The van der Waals surface area contributed by atoms with Gasteiger partial charge in [0.2, 0.25) is 0 Å². The van der Waals surface area contributed by atoms with Crippen molar-refractivity contribution in [3.05, 3.63) is 81.3 Å². The first-order valence-corrected chi connectivity index (χ1v) is 18.1. The van der Waals surface area contributed by atoms with Crippen molar-refractivity contribution >= 4 is 25.2 Å². The van der Waals surface area contributed by atoms with Crippen LogP contribution >= 0.6 is 0 Å². The molecule has 234 valence electrons. The molecule has 8 nitrogen and oxygen atoms in total. The van der Waals surface area contributed by atoms with E-state index in [-0.39, 0.29) is 23.4 Å². The standard InChI is InChI=1S/C35H44N2O6Si/c1-10-22-18-28(34(39)42-7)33(38)36(21-25-13-15-27(40-5)20-30(25)41-6)32(22)24-12-11-23-17-26-14-16-31(37(26)29(23)19-24)43-44(8,9)35(2,3)4/h11-13,15,17-20,31H,10,14,16,21H2,1-9H3. The summed E-state index contributed by atoms with van der Waals surface area (Å²) in [4.78, 5) is 26.8. The summed E-state index contributed by atoms with van der Waals surface area (Å²) in [5.74, 6) is 0.587. The Morgan fingerprint density at radius 1 is 0.977 bits per heavy atom. The average Bonchev–Trinajstić information content (AvgIpc) is 3.56. The van der Waals surface area contributed by atoms with Crippen LogP contribution in [0.1, 0.15) is 67.5 Å². The molecule has 0 aliphatic carbocycles. The lowest BCUT2D eigenvalue weighted by atomic mass is 9.99. The molecule has 0 amide bonds. The number of carbonyl (C=O) groups excluding carboxylic acids is 1. The van der Waals surface area contributed by atoms with Crippen LogP contribution in [0.25, 0.3) is 22.2 Å². The number of esters is 1. The molecule has 4 aromatic rings. The summed E-state index contributed by atoms with van der Waals surface area (Å²) in [7, 11) is 2.46. The third-order valence-electron chi connectivity index (χ3n) is 9.34. The molecule has 0 saturated carbocycles. The molecule has 1 atom stereocenters. The fraction of sp³-hybridized carbons (Fsp3) is 0.429. The van der Waals surface area contributed by atoms with Crippen LogP contribution in [0.15, 0.2) is 53.3 Å². The highest BCUT2D eigenvalue weighted by molar-refractivity contribution is 6.74. The van der Waals surface area contributed by atoms with Gasteiger partial charge in [-0.05, 0) is 78.7 Å². The van der Waals surface area contributed by atoms with E-state index in [0.717, 1.165) is 46.1 Å². The first kappa shape index (κ1) is 31.6. The predicted octanol–water partition coefficient (Wildman–Crippen LogP) is 7.35. The average molecular weight is 617 g/mol. The summed E-state index contributed by atoms with van der Waals surface area (Å²) in [6.45, 7) is 13.6. The van der Waals surface area contributed by atoms with Crippen molar-refractivity contribution in [1.82, 2.24) is 9.13 Å². The van der Waals surface area contributed by atoms with E-state index in [1.165, 1.54) is 12.8 Å². The van der Waals surface area contributed by atoms with E-state index in [1.807, 2.05) is 19.1 Å². The predicted molar refractivity (Wildman–Crippen MR) is 177 cm³/mol. The van der Waals surface area contributed by atoms with Crippen LogP contribution in [0.3, 0.4) is 0 Å². The first-order valence-electron chi connectivity index (χ1n) is 15.2. The van der Waals surface area contributed by atoms with Gasteiger partial charge in [-0.3, -0.25) is 4.79 Å². The normalized spacial score (nSPS) is 15.0. The maximum absolute atomic E-state index is 14.0. The van der Waals surface area contributed by atoms with E-state index in [1.54, 1.807) is 30.9 Å². The number of hydrogen-bond acceptors (Lipinski definition) is 6. The van der Waals surface area contributed by atoms with E-state index in [9.17, 15) is 9.59 Å². The van der Waals surface area contributed by atoms with Crippen molar-refractivity contribution in [2.24, 2.45) is 0 Å². The molecule has 1 aliphatic rings.